The minimum absolute atomic E-state index is 0.117. The Morgan fingerprint density at radius 2 is 1.76 bits per heavy atom. The van der Waals surface area contributed by atoms with Crippen LogP contribution >= 0.6 is 0 Å². The first-order chi connectivity index (χ1) is 15.7. The van der Waals surface area contributed by atoms with E-state index in [9.17, 15) is 23.3 Å². The molecule has 9 nitrogen and oxygen atoms in total. The standard InChI is InChI=1S/C23H26N4O5S/c1-17(2)15-25-16-21(20-8-3-4-9-22(20)25)23(28)24-10-12-26(13-11-24)33(31,32)19-7-5-6-18(14-19)27(29)30/h3-9,14,16-17H,10-13,15H2,1-2H3. The van der Waals surface area contributed by atoms with Gasteiger partial charge in [-0.25, -0.2) is 8.42 Å². The Bertz CT molecular complexity index is 1310. The molecule has 0 atom stereocenters. The van der Waals surface area contributed by atoms with Gasteiger partial charge in [0.1, 0.15) is 0 Å². The summed E-state index contributed by atoms with van der Waals surface area (Å²) in [6.45, 7) is 5.79. The number of hydrogen-bond acceptors (Lipinski definition) is 5. The van der Waals surface area contributed by atoms with E-state index in [2.05, 4.69) is 18.4 Å². The number of amides is 1. The van der Waals surface area contributed by atoms with Gasteiger partial charge in [-0.1, -0.05) is 38.1 Å². The van der Waals surface area contributed by atoms with Crippen molar-refractivity contribution in [2.75, 3.05) is 26.2 Å². The molecule has 2 aromatic carbocycles. The van der Waals surface area contributed by atoms with E-state index < -0.39 is 14.9 Å². The number of para-hydroxylation sites is 1. The Labute approximate surface area is 192 Å². The summed E-state index contributed by atoms with van der Waals surface area (Å²) in [5.74, 6) is 0.299. The summed E-state index contributed by atoms with van der Waals surface area (Å²) >= 11 is 0. The molecule has 10 heteroatoms. The largest absolute Gasteiger partial charge is 0.346 e. The van der Waals surface area contributed by atoms with Crippen LogP contribution in [0.2, 0.25) is 0 Å². The number of aromatic nitrogens is 1. The molecule has 1 aliphatic heterocycles. The fourth-order valence-electron chi connectivity index (χ4n) is 4.17. The van der Waals surface area contributed by atoms with Crippen LogP contribution in [0.5, 0.6) is 0 Å². The number of nitro benzene ring substituents is 1. The van der Waals surface area contributed by atoms with Crippen molar-refractivity contribution in [1.29, 1.82) is 0 Å². The maximum atomic E-state index is 13.3. The lowest BCUT2D eigenvalue weighted by Gasteiger charge is -2.34. The van der Waals surface area contributed by atoms with E-state index in [0.717, 1.165) is 23.5 Å². The zero-order valence-corrected chi connectivity index (χ0v) is 19.4. The second-order valence-electron chi connectivity index (χ2n) is 8.56. The van der Waals surface area contributed by atoms with Crippen LogP contribution in [0.25, 0.3) is 10.9 Å². The Morgan fingerprint density at radius 1 is 1.06 bits per heavy atom. The molecule has 1 aliphatic rings. The molecule has 0 unspecified atom stereocenters. The van der Waals surface area contributed by atoms with Crippen molar-refractivity contribution >= 4 is 32.5 Å². The number of hydrogen-bond donors (Lipinski definition) is 0. The van der Waals surface area contributed by atoms with Crippen molar-refractivity contribution in [3.05, 3.63) is 70.4 Å². The van der Waals surface area contributed by atoms with Gasteiger partial charge >= 0.3 is 0 Å². The summed E-state index contributed by atoms with van der Waals surface area (Å²) in [4.78, 5) is 25.3. The second-order valence-corrected chi connectivity index (χ2v) is 10.5. The number of carbonyl (C=O) groups is 1. The fraction of sp³-hybridized carbons (Fsp3) is 0.348. The molecule has 0 aliphatic carbocycles. The molecular formula is C23H26N4O5S. The number of non-ortho nitro benzene ring substituents is 1. The lowest BCUT2D eigenvalue weighted by molar-refractivity contribution is -0.385. The van der Waals surface area contributed by atoms with E-state index in [4.69, 9.17) is 0 Å². The number of sulfonamides is 1. The SMILES string of the molecule is CC(C)Cn1cc(C(=O)N2CCN(S(=O)(=O)c3cccc([N+](=O)[O-])c3)CC2)c2ccccc21. The quantitative estimate of drug-likeness (QED) is 0.406. The van der Waals surface area contributed by atoms with Crippen LogP contribution in [-0.2, 0) is 16.6 Å². The van der Waals surface area contributed by atoms with Gasteiger partial charge < -0.3 is 9.47 Å². The molecule has 4 rings (SSSR count). The van der Waals surface area contributed by atoms with E-state index in [1.165, 1.54) is 22.5 Å². The van der Waals surface area contributed by atoms with Crippen LogP contribution in [0.3, 0.4) is 0 Å². The van der Waals surface area contributed by atoms with Crippen molar-refractivity contribution < 1.29 is 18.1 Å². The van der Waals surface area contributed by atoms with E-state index in [-0.39, 0.29) is 42.7 Å². The molecule has 174 valence electrons. The number of rotatable bonds is 6. The van der Waals surface area contributed by atoms with Gasteiger partial charge in [-0.2, -0.15) is 4.31 Å². The highest BCUT2D eigenvalue weighted by Crippen LogP contribution is 2.26. The van der Waals surface area contributed by atoms with Crippen LogP contribution in [0.1, 0.15) is 24.2 Å². The molecule has 0 bridgehead atoms. The number of fused-ring (bicyclic) bond motifs is 1. The Balaban J connectivity index is 1.52. The van der Waals surface area contributed by atoms with Gasteiger partial charge in [0.2, 0.25) is 10.0 Å². The first kappa shape index (κ1) is 22.9. The molecule has 33 heavy (non-hydrogen) atoms. The highest BCUT2D eigenvalue weighted by atomic mass is 32.2. The van der Waals surface area contributed by atoms with Gasteiger partial charge in [0.25, 0.3) is 11.6 Å². The van der Waals surface area contributed by atoms with E-state index in [0.29, 0.717) is 11.5 Å². The van der Waals surface area contributed by atoms with Crippen molar-refractivity contribution in [2.45, 2.75) is 25.3 Å². The minimum atomic E-state index is -3.89. The molecule has 1 aromatic heterocycles. The van der Waals surface area contributed by atoms with E-state index in [1.54, 1.807) is 4.90 Å². The molecule has 0 radical (unpaired) electrons. The van der Waals surface area contributed by atoms with Crippen LogP contribution in [0, 0.1) is 16.0 Å². The van der Waals surface area contributed by atoms with Crippen LogP contribution in [-0.4, -0.2) is 59.2 Å². The third-order valence-corrected chi connectivity index (χ3v) is 7.67. The third-order valence-electron chi connectivity index (χ3n) is 5.77. The van der Waals surface area contributed by atoms with E-state index in [1.807, 2.05) is 30.5 Å². The lowest BCUT2D eigenvalue weighted by Crippen LogP contribution is -2.50. The molecule has 1 fully saturated rings. The number of benzene rings is 2. The van der Waals surface area contributed by atoms with Gasteiger partial charge in [0.05, 0.1) is 15.4 Å². The van der Waals surface area contributed by atoms with Crippen LogP contribution in [0.15, 0.2) is 59.6 Å². The van der Waals surface area contributed by atoms with Gasteiger partial charge in [0, 0.05) is 62.0 Å². The highest BCUT2D eigenvalue weighted by molar-refractivity contribution is 7.89. The third kappa shape index (κ3) is 4.49. The summed E-state index contributed by atoms with van der Waals surface area (Å²) in [6.07, 6.45) is 1.89. The summed E-state index contributed by atoms with van der Waals surface area (Å²) in [6, 6.07) is 12.8. The molecule has 1 amide bonds. The molecule has 1 saturated heterocycles. The highest BCUT2D eigenvalue weighted by Gasteiger charge is 2.32. The summed E-state index contributed by atoms with van der Waals surface area (Å²) in [5, 5.41) is 11.9. The number of nitro groups is 1. The summed E-state index contributed by atoms with van der Waals surface area (Å²) in [5.41, 5.74) is 1.34. The first-order valence-corrected chi connectivity index (χ1v) is 12.2. The second kappa shape index (κ2) is 8.95. The van der Waals surface area contributed by atoms with Crippen LogP contribution < -0.4 is 0 Å². The maximum absolute atomic E-state index is 13.3. The molecule has 3 aromatic rings. The average Bonchev–Trinajstić information content (AvgIpc) is 3.16. The number of nitrogens with zero attached hydrogens (tertiary/aromatic N) is 4. The lowest BCUT2D eigenvalue weighted by atomic mass is 10.1. The zero-order chi connectivity index (χ0) is 23.8. The van der Waals surface area contributed by atoms with E-state index >= 15 is 0 Å². The van der Waals surface area contributed by atoms with Gasteiger partial charge in [-0.05, 0) is 18.1 Å². The fourth-order valence-corrected chi connectivity index (χ4v) is 5.63. The predicted octanol–water partition coefficient (Wildman–Crippen LogP) is 3.35. The molecule has 2 heterocycles. The van der Waals surface area contributed by atoms with Crippen molar-refractivity contribution in [1.82, 2.24) is 13.8 Å². The summed E-state index contributed by atoms with van der Waals surface area (Å²) < 4.78 is 29.3. The zero-order valence-electron chi connectivity index (χ0n) is 18.5. The molecule has 0 saturated carbocycles. The van der Waals surface area contributed by atoms with Crippen molar-refractivity contribution in [3.8, 4) is 0 Å². The summed E-state index contributed by atoms with van der Waals surface area (Å²) in [7, 11) is -3.89. The smallest absolute Gasteiger partial charge is 0.270 e. The molecule has 0 N–H and O–H groups in total. The first-order valence-electron chi connectivity index (χ1n) is 10.8. The van der Waals surface area contributed by atoms with Gasteiger partial charge in [-0.15, -0.1) is 0 Å². The Kier molecular flexibility index (Phi) is 6.22. The number of piperazine rings is 1. The monoisotopic (exact) mass is 470 g/mol. The van der Waals surface area contributed by atoms with Gasteiger partial charge in [-0.3, -0.25) is 14.9 Å². The van der Waals surface area contributed by atoms with Gasteiger partial charge in [0.15, 0.2) is 0 Å². The van der Waals surface area contributed by atoms with Crippen molar-refractivity contribution in [3.63, 3.8) is 0 Å². The average molecular weight is 471 g/mol. The Morgan fingerprint density at radius 3 is 2.42 bits per heavy atom. The predicted molar refractivity (Wildman–Crippen MR) is 125 cm³/mol. The molecular weight excluding hydrogens is 444 g/mol. The number of carbonyl (C=O) groups excluding carboxylic acids is 1. The topological polar surface area (TPSA) is 106 Å². The normalized spacial score (nSPS) is 15.3. The maximum Gasteiger partial charge on any atom is 0.270 e. The van der Waals surface area contributed by atoms with Crippen molar-refractivity contribution in [2.24, 2.45) is 5.92 Å². The Hall–Kier alpha value is -3.24. The van der Waals surface area contributed by atoms with Crippen LogP contribution in [0.4, 0.5) is 5.69 Å². The minimum Gasteiger partial charge on any atom is -0.346 e. The molecule has 0 spiro atoms.